The van der Waals surface area contributed by atoms with Gasteiger partial charge in [-0.2, -0.15) is 0 Å². The van der Waals surface area contributed by atoms with Crippen molar-refractivity contribution in [1.82, 2.24) is 0 Å². The first-order chi connectivity index (χ1) is 6.91. The Morgan fingerprint density at radius 2 is 1.53 bits per heavy atom. The van der Waals surface area contributed by atoms with E-state index >= 15 is 0 Å². The van der Waals surface area contributed by atoms with Crippen LogP contribution in [-0.4, -0.2) is 0 Å². The lowest BCUT2D eigenvalue weighted by atomic mass is 9.79. The highest BCUT2D eigenvalue weighted by Gasteiger charge is 2.24. The largest absolute Gasteiger partial charge is 0.0998 e. The van der Waals surface area contributed by atoms with Crippen LogP contribution in [0.2, 0.25) is 0 Å². The van der Waals surface area contributed by atoms with E-state index in [2.05, 4.69) is 40.9 Å². The average molecular weight is 206 g/mol. The van der Waals surface area contributed by atoms with Gasteiger partial charge in [-0.05, 0) is 42.9 Å². The predicted molar refractivity (Wildman–Crippen MR) is 68.8 cm³/mol. The van der Waals surface area contributed by atoms with Crippen LogP contribution in [0.5, 0.6) is 0 Å². The van der Waals surface area contributed by atoms with E-state index in [-0.39, 0.29) is 0 Å². The smallest absolute Gasteiger partial charge is 0.0206 e. The van der Waals surface area contributed by atoms with Crippen LogP contribution in [0.15, 0.2) is 24.3 Å². The molecule has 0 aromatic rings. The number of hydrogen-bond acceptors (Lipinski definition) is 0. The molecule has 0 nitrogen and oxygen atoms in total. The van der Waals surface area contributed by atoms with Crippen molar-refractivity contribution in [3.8, 4) is 0 Å². The molecule has 0 bridgehead atoms. The second-order valence-corrected chi connectivity index (χ2v) is 5.75. The van der Waals surface area contributed by atoms with Crippen LogP contribution in [0.1, 0.15) is 47.0 Å². The summed E-state index contributed by atoms with van der Waals surface area (Å²) in [6, 6.07) is 0. The molecule has 0 N–H and O–H groups in total. The van der Waals surface area contributed by atoms with E-state index in [9.17, 15) is 0 Å². The normalized spacial score (nSPS) is 39.5. The quantitative estimate of drug-likeness (QED) is 0.498. The summed E-state index contributed by atoms with van der Waals surface area (Å²) < 4.78 is 0. The van der Waals surface area contributed by atoms with E-state index in [1.165, 1.54) is 30.4 Å². The van der Waals surface area contributed by atoms with Gasteiger partial charge in [0.15, 0.2) is 0 Å². The molecule has 0 aromatic heterocycles. The topological polar surface area (TPSA) is 0 Å². The lowest BCUT2D eigenvalue weighted by Gasteiger charge is -2.27. The van der Waals surface area contributed by atoms with Crippen molar-refractivity contribution in [2.45, 2.75) is 47.0 Å². The Morgan fingerprint density at radius 1 is 0.933 bits per heavy atom. The van der Waals surface area contributed by atoms with Gasteiger partial charge in [0.2, 0.25) is 0 Å². The minimum atomic E-state index is 0.661. The third kappa shape index (κ3) is 3.22. The molecule has 0 heterocycles. The maximum absolute atomic E-state index is 4.27. The molecule has 0 heteroatoms. The van der Waals surface area contributed by atoms with E-state index in [4.69, 9.17) is 0 Å². The maximum Gasteiger partial charge on any atom is -0.0206 e. The number of rotatable bonds is 0. The van der Waals surface area contributed by atoms with Gasteiger partial charge in [-0.1, -0.05) is 52.0 Å². The van der Waals surface area contributed by atoms with Crippen LogP contribution < -0.4 is 0 Å². The summed E-state index contributed by atoms with van der Waals surface area (Å²) in [6.07, 6.45) is 3.56. The van der Waals surface area contributed by atoms with Crippen LogP contribution in [-0.2, 0) is 0 Å². The second-order valence-electron chi connectivity index (χ2n) is 5.75. The molecular formula is C15H26. The molecule has 1 aliphatic rings. The van der Waals surface area contributed by atoms with E-state index in [1.54, 1.807) is 0 Å². The monoisotopic (exact) mass is 206 g/mol. The zero-order chi connectivity index (χ0) is 11.6. The fraction of sp³-hybridized carbons (Fsp3) is 0.733. The second kappa shape index (κ2) is 5.01. The van der Waals surface area contributed by atoms with Gasteiger partial charge in [-0.25, -0.2) is 0 Å². The average Bonchev–Trinajstić information content (AvgIpc) is 2.15. The molecule has 0 aliphatic heterocycles. The van der Waals surface area contributed by atoms with Crippen LogP contribution in [0.25, 0.3) is 0 Å². The molecule has 1 rings (SSSR count). The molecule has 4 atom stereocenters. The lowest BCUT2D eigenvalue weighted by Crippen LogP contribution is -2.17. The first kappa shape index (κ1) is 12.5. The summed E-state index contributed by atoms with van der Waals surface area (Å²) in [5, 5.41) is 0. The Labute approximate surface area is 95.5 Å². The minimum absolute atomic E-state index is 0.661. The van der Waals surface area contributed by atoms with Gasteiger partial charge in [-0.15, -0.1) is 0 Å². The van der Waals surface area contributed by atoms with Crippen molar-refractivity contribution < 1.29 is 0 Å². The number of hydrogen-bond donors (Lipinski definition) is 0. The molecule has 15 heavy (non-hydrogen) atoms. The van der Waals surface area contributed by atoms with Crippen molar-refractivity contribution in [3.05, 3.63) is 24.3 Å². The zero-order valence-electron chi connectivity index (χ0n) is 10.8. The molecule has 0 saturated heterocycles. The van der Waals surface area contributed by atoms with Gasteiger partial charge in [0.1, 0.15) is 0 Å². The summed E-state index contributed by atoms with van der Waals surface area (Å²) in [5.74, 6) is 2.87. The highest BCUT2D eigenvalue weighted by atomic mass is 14.3. The van der Waals surface area contributed by atoms with Gasteiger partial charge in [0.25, 0.3) is 0 Å². The Balaban J connectivity index is 2.82. The van der Waals surface area contributed by atoms with Crippen molar-refractivity contribution in [1.29, 1.82) is 0 Å². The molecule has 1 fully saturated rings. The maximum atomic E-state index is 4.27. The fourth-order valence-electron chi connectivity index (χ4n) is 2.79. The van der Waals surface area contributed by atoms with Gasteiger partial charge in [0.05, 0.1) is 0 Å². The van der Waals surface area contributed by atoms with Gasteiger partial charge >= 0.3 is 0 Å². The van der Waals surface area contributed by atoms with Crippen LogP contribution in [0.4, 0.5) is 0 Å². The van der Waals surface area contributed by atoms with Crippen molar-refractivity contribution in [2.24, 2.45) is 23.7 Å². The predicted octanol–water partition coefficient (Wildman–Crippen LogP) is 4.83. The van der Waals surface area contributed by atoms with Crippen molar-refractivity contribution in [3.63, 3.8) is 0 Å². The van der Waals surface area contributed by atoms with Crippen molar-refractivity contribution in [2.75, 3.05) is 0 Å². The SMILES string of the molecule is C=C1CC(C)CC(=C)C(C)C(C)C(C)C1. The zero-order valence-corrected chi connectivity index (χ0v) is 10.8. The standard InChI is InChI=1S/C15H26/c1-10-7-11(2)9-13(4)15(6)14(5)12(3)8-10/h11-12,14-15H,1,4,7-9H2,2-3,5-6H3. The molecule has 1 aliphatic carbocycles. The lowest BCUT2D eigenvalue weighted by molar-refractivity contribution is 0.306. The van der Waals surface area contributed by atoms with E-state index in [1.807, 2.05) is 0 Å². The summed E-state index contributed by atoms with van der Waals surface area (Å²) in [4.78, 5) is 0. The highest BCUT2D eigenvalue weighted by molar-refractivity contribution is 5.08. The van der Waals surface area contributed by atoms with E-state index in [0.29, 0.717) is 5.92 Å². The highest BCUT2D eigenvalue weighted by Crippen LogP contribution is 2.36. The summed E-state index contributed by atoms with van der Waals surface area (Å²) in [6.45, 7) is 17.9. The van der Waals surface area contributed by atoms with Gasteiger partial charge in [-0.3, -0.25) is 0 Å². The number of allylic oxidation sites excluding steroid dienone is 2. The summed E-state index contributed by atoms with van der Waals surface area (Å²) >= 11 is 0. The van der Waals surface area contributed by atoms with Crippen LogP contribution in [0.3, 0.4) is 0 Å². The first-order valence-corrected chi connectivity index (χ1v) is 6.26. The summed E-state index contributed by atoms with van der Waals surface area (Å²) in [5.41, 5.74) is 2.88. The molecule has 0 aromatic carbocycles. The van der Waals surface area contributed by atoms with E-state index in [0.717, 1.165) is 17.8 Å². The molecule has 0 spiro atoms. The Morgan fingerprint density at radius 3 is 2.13 bits per heavy atom. The van der Waals surface area contributed by atoms with Crippen molar-refractivity contribution >= 4 is 0 Å². The van der Waals surface area contributed by atoms with Gasteiger partial charge < -0.3 is 0 Å². The van der Waals surface area contributed by atoms with E-state index < -0.39 is 0 Å². The fourth-order valence-corrected chi connectivity index (χ4v) is 2.79. The molecular weight excluding hydrogens is 180 g/mol. The van der Waals surface area contributed by atoms with Crippen LogP contribution in [0, 0.1) is 23.7 Å². The Bertz CT molecular complexity index is 249. The van der Waals surface area contributed by atoms with Gasteiger partial charge in [0, 0.05) is 0 Å². The first-order valence-electron chi connectivity index (χ1n) is 6.26. The Kier molecular flexibility index (Phi) is 4.19. The molecule has 1 saturated carbocycles. The molecule has 0 radical (unpaired) electrons. The summed E-state index contributed by atoms with van der Waals surface area (Å²) in [7, 11) is 0. The third-order valence-corrected chi connectivity index (χ3v) is 4.19. The Hall–Kier alpha value is -0.520. The minimum Gasteiger partial charge on any atom is -0.0998 e. The molecule has 4 unspecified atom stereocenters. The molecule has 0 amide bonds. The molecule has 86 valence electrons. The van der Waals surface area contributed by atoms with Crippen LogP contribution >= 0.6 is 0 Å². The third-order valence-electron chi connectivity index (χ3n) is 4.19.